The minimum Gasteiger partial charge on any atom is -0.457 e. The van der Waals surface area contributed by atoms with Crippen molar-refractivity contribution in [2.75, 3.05) is 65.0 Å². The molecular weight excluding hydrogens is 937 g/mol. The molecule has 25 heteroatoms. The molecule has 0 heterocycles. The Morgan fingerprint density at radius 3 is 1.94 bits per heavy atom. The van der Waals surface area contributed by atoms with Crippen LogP contribution in [0.15, 0.2) is 53.4 Å². The Bertz CT molecular complexity index is 2070. The molecule has 2 aromatic carbocycles. The zero-order valence-electron chi connectivity index (χ0n) is 37.7. The fourth-order valence-electron chi connectivity index (χ4n) is 7.19. The Balaban J connectivity index is 1.47. The molecule has 68 heavy (non-hydrogen) atoms. The lowest BCUT2D eigenvalue weighted by Gasteiger charge is -2.38. The maximum atomic E-state index is 14.3. The van der Waals surface area contributed by atoms with E-state index in [0.29, 0.717) is 57.4 Å². The van der Waals surface area contributed by atoms with Gasteiger partial charge in [-0.15, -0.1) is 11.6 Å². The SMILES string of the molecule is NCCCC[C@H](NC(=O)CCN(C1(C(=O)NO)CCCC1)S(=O)(=O)c1ccc(Oc2ccc(F)cc2)cc1)C(=O)NCCOCCNC(=O)COCC(=O)N[C@@H](CCCCNC(=O)CCl)C(N)=O. The molecule has 378 valence electrons. The van der Waals surface area contributed by atoms with Crippen LogP contribution < -0.4 is 48.3 Å². The van der Waals surface area contributed by atoms with Gasteiger partial charge in [-0.05, 0) is 106 Å². The highest BCUT2D eigenvalue weighted by atomic mass is 35.5. The number of carbonyl (C=O) groups is 7. The molecule has 0 aromatic heterocycles. The Morgan fingerprint density at radius 2 is 1.32 bits per heavy atom. The second kappa shape index (κ2) is 30.1. The minimum atomic E-state index is -4.50. The van der Waals surface area contributed by atoms with Gasteiger partial charge in [0.15, 0.2) is 0 Å². The molecule has 1 fully saturated rings. The van der Waals surface area contributed by atoms with Gasteiger partial charge in [-0.1, -0.05) is 12.8 Å². The van der Waals surface area contributed by atoms with E-state index in [1.807, 2.05) is 0 Å². The van der Waals surface area contributed by atoms with E-state index in [4.69, 9.17) is 37.3 Å². The van der Waals surface area contributed by atoms with E-state index >= 15 is 0 Å². The number of nitrogens with two attached hydrogens (primary N) is 2. The third kappa shape index (κ3) is 19.2. The average molecular weight is 1000 g/mol. The van der Waals surface area contributed by atoms with Crippen molar-refractivity contribution in [3.8, 4) is 11.5 Å². The van der Waals surface area contributed by atoms with Gasteiger partial charge >= 0.3 is 0 Å². The molecule has 0 radical (unpaired) electrons. The molecule has 2 aromatic rings. The Morgan fingerprint density at radius 1 is 0.750 bits per heavy atom. The third-order valence-corrected chi connectivity index (χ3v) is 12.9. The van der Waals surface area contributed by atoms with Crippen molar-refractivity contribution >= 4 is 63.0 Å². The summed E-state index contributed by atoms with van der Waals surface area (Å²) >= 11 is 5.42. The number of benzene rings is 2. The first-order chi connectivity index (χ1) is 32.6. The van der Waals surface area contributed by atoms with Crippen LogP contribution in [0.2, 0.25) is 0 Å². The Hall–Kier alpha value is -5.50. The fraction of sp³-hybridized carbons (Fsp3) is 0.558. The first-order valence-corrected chi connectivity index (χ1v) is 24.1. The number of alkyl halides is 1. The fourth-order valence-corrected chi connectivity index (χ4v) is 9.07. The molecular formula is C43H63ClFN9O13S. The molecule has 0 spiro atoms. The number of nitrogens with zero attached hydrogens (tertiary/aromatic N) is 1. The number of halogens is 2. The predicted octanol–water partition coefficient (Wildman–Crippen LogP) is 0.192. The van der Waals surface area contributed by atoms with Crippen LogP contribution in [0.4, 0.5) is 4.39 Å². The zero-order valence-corrected chi connectivity index (χ0v) is 39.3. The number of nitrogens with one attached hydrogen (secondary N) is 6. The molecule has 0 aliphatic heterocycles. The molecule has 0 saturated heterocycles. The average Bonchev–Trinajstić information content (AvgIpc) is 3.81. The summed E-state index contributed by atoms with van der Waals surface area (Å²) < 4.78 is 59.1. The van der Waals surface area contributed by atoms with E-state index in [-0.39, 0.29) is 74.4 Å². The number of rotatable bonds is 33. The summed E-state index contributed by atoms with van der Waals surface area (Å²) in [7, 11) is -4.50. The molecule has 2 atom stereocenters. The predicted molar refractivity (Wildman–Crippen MR) is 244 cm³/mol. The van der Waals surface area contributed by atoms with Gasteiger partial charge in [0.1, 0.15) is 54.0 Å². The molecule has 0 bridgehead atoms. The number of sulfonamides is 1. The largest absolute Gasteiger partial charge is 0.457 e. The van der Waals surface area contributed by atoms with E-state index in [2.05, 4.69) is 26.6 Å². The van der Waals surface area contributed by atoms with Gasteiger partial charge in [0.05, 0.1) is 18.1 Å². The number of hydroxylamine groups is 1. The quantitative estimate of drug-likeness (QED) is 0.0200. The molecule has 0 unspecified atom stereocenters. The maximum absolute atomic E-state index is 14.3. The summed E-state index contributed by atoms with van der Waals surface area (Å²) in [5.74, 6) is -4.49. The molecule has 22 nitrogen and oxygen atoms in total. The highest BCUT2D eigenvalue weighted by molar-refractivity contribution is 7.89. The van der Waals surface area contributed by atoms with E-state index in [0.717, 1.165) is 4.31 Å². The van der Waals surface area contributed by atoms with Crippen molar-refractivity contribution in [1.29, 1.82) is 0 Å². The Labute approximate surface area is 399 Å². The number of hydrogen-bond donors (Lipinski definition) is 9. The van der Waals surface area contributed by atoms with Crippen LogP contribution in [0.1, 0.15) is 70.6 Å². The highest BCUT2D eigenvalue weighted by Crippen LogP contribution is 2.39. The van der Waals surface area contributed by atoms with Crippen LogP contribution >= 0.6 is 11.6 Å². The van der Waals surface area contributed by atoms with Gasteiger partial charge in [-0.3, -0.25) is 38.8 Å². The number of ether oxygens (including phenoxy) is 3. The van der Waals surface area contributed by atoms with Gasteiger partial charge in [0.2, 0.25) is 45.5 Å². The van der Waals surface area contributed by atoms with Crippen LogP contribution in [0, 0.1) is 5.82 Å². The standard InChI is InChI=1S/C43H63ClFN9O13S/c44-27-37(56)48-21-6-2-7-34(40(47)59)51-39(58)29-66-28-38(57)49-22-25-65-26-23-50-41(60)35(8-1-5-20-46)52-36(55)17-24-54(43(42(61)53-62)18-3-4-19-43)68(63,64)33-15-13-32(14-16-33)67-31-11-9-30(45)10-12-31/h9-16,34-35,62H,1-8,17-29,46H2,(H2,47,59)(H,48,56)(H,49,57)(H,50,60)(H,51,58)(H,52,55)(H,53,61)/t34-,35-/m0/s1. The normalized spacial score (nSPS) is 14.0. The number of hydrogen-bond acceptors (Lipinski definition) is 14. The summed E-state index contributed by atoms with van der Waals surface area (Å²) in [4.78, 5) is 87.0. The van der Waals surface area contributed by atoms with Crippen LogP contribution in [-0.4, -0.2) is 142 Å². The van der Waals surface area contributed by atoms with Crippen molar-refractivity contribution in [3.63, 3.8) is 0 Å². The molecule has 11 N–H and O–H groups in total. The zero-order chi connectivity index (χ0) is 50.0. The topological polar surface area (TPSA) is 329 Å². The summed E-state index contributed by atoms with van der Waals surface area (Å²) in [6.45, 7) is -0.563. The van der Waals surface area contributed by atoms with Gasteiger partial charge in [-0.25, -0.2) is 18.3 Å². The summed E-state index contributed by atoms with van der Waals surface area (Å²) in [5, 5.41) is 22.6. The van der Waals surface area contributed by atoms with Crippen molar-refractivity contribution < 1.29 is 65.8 Å². The highest BCUT2D eigenvalue weighted by Gasteiger charge is 2.51. The van der Waals surface area contributed by atoms with Gasteiger partial charge in [0.25, 0.3) is 5.91 Å². The summed E-state index contributed by atoms with van der Waals surface area (Å²) in [6, 6.07) is 8.55. The van der Waals surface area contributed by atoms with E-state index in [9.17, 15) is 51.6 Å². The van der Waals surface area contributed by atoms with Gasteiger partial charge in [-0.2, -0.15) is 4.31 Å². The number of unbranched alkanes of at least 4 members (excludes halogenated alkanes) is 2. The molecule has 7 amide bonds. The van der Waals surface area contributed by atoms with Crippen LogP contribution in [0.5, 0.6) is 11.5 Å². The van der Waals surface area contributed by atoms with Crippen LogP contribution in [-0.2, 0) is 53.1 Å². The molecule has 1 aliphatic carbocycles. The van der Waals surface area contributed by atoms with Gasteiger partial charge in [0, 0.05) is 32.6 Å². The molecule has 1 aliphatic rings. The number of amides is 7. The van der Waals surface area contributed by atoms with Crippen molar-refractivity contribution in [1.82, 2.24) is 36.4 Å². The minimum absolute atomic E-state index is 0.0314. The van der Waals surface area contributed by atoms with Crippen LogP contribution in [0.3, 0.4) is 0 Å². The van der Waals surface area contributed by atoms with E-state index in [1.165, 1.54) is 48.5 Å². The van der Waals surface area contributed by atoms with Crippen molar-refractivity contribution in [2.45, 2.75) is 93.1 Å². The lowest BCUT2D eigenvalue weighted by atomic mass is 9.96. The van der Waals surface area contributed by atoms with E-state index < -0.39 is 95.1 Å². The van der Waals surface area contributed by atoms with Crippen molar-refractivity contribution in [2.24, 2.45) is 11.5 Å². The first-order valence-electron chi connectivity index (χ1n) is 22.2. The van der Waals surface area contributed by atoms with Gasteiger partial charge < -0.3 is 52.3 Å². The van der Waals surface area contributed by atoms with Crippen LogP contribution in [0.25, 0.3) is 0 Å². The summed E-state index contributed by atoms with van der Waals surface area (Å²) in [5.41, 5.74) is 10.9. The number of carbonyl (C=O) groups excluding carboxylic acids is 7. The lowest BCUT2D eigenvalue weighted by molar-refractivity contribution is -0.139. The second-order valence-corrected chi connectivity index (χ2v) is 17.8. The third-order valence-electron chi connectivity index (χ3n) is 10.7. The monoisotopic (exact) mass is 999 g/mol. The lowest BCUT2D eigenvalue weighted by Crippen LogP contribution is -2.59. The first kappa shape index (κ1) is 56.8. The molecule has 3 rings (SSSR count). The maximum Gasteiger partial charge on any atom is 0.264 e. The smallest absolute Gasteiger partial charge is 0.264 e. The van der Waals surface area contributed by atoms with E-state index in [1.54, 1.807) is 5.48 Å². The summed E-state index contributed by atoms with van der Waals surface area (Å²) in [6.07, 6.45) is 3.14. The molecule has 1 saturated carbocycles. The van der Waals surface area contributed by atoms with Crippen molar-refractivity contribution in [3.05, 3.63) is 54.3 Å². The Kier molecular flexibility index (Phi) is 25.1. The number of primary amides is 1. The second-order valence-electron chi connectivity index (χ2n) is 15.7.